The van der Waals surface area contributed by atoms with Crippen molar-refractivity contribution >= 4 is 22.6 Å². The van der Waals surface area contributed by atoms with Gasteiger partial charge in [-0.2, -0.15) is 0 Å². The monoisotopic (exact) mass is 452 g/mol. The van der Waals surface area contributed by atoms with Gasteiger partial charge in [-0.3, -0.25) is 4.21 Å². The fourth-order valence-electron chi connectivity index (χ4n) is 4.00. The number of thioether (sulfide) groups is 1. The Hall–Kier alpha value is -2.64. The molecule has 6 rings (SSSR count). The van der Waals surface area contributed by atoms with Crippen LogP contribution in [0.25, 0.3) is 0 Å². The fraction of sp³-hybridized carbons (Fsp3) is 0.250. The molecule has 3 aliphatic rings. The molecule has 0 spiro atoms. The fourth-order valence-corrected chi connectivity index (χ4v) is 6.14. The SMILES string of the molecule is O=S1CCOc2ccc(C3CSc4cc(C5COc6ccccc6O5)ccc4O3)cc21. The minimum Gasteiger partial charge on any atom is -0.491 e. The van der Waals surface area contributed by atoms with Crippen LogP contribution in [0.2, 0.25) is 0 Å². The second kappa shape index (κ2) is 7.80. The van der Waals surface area contributed by atoms with Crippen LogP contribution in [0.1, 0.15) is 23.3 Å². The van der Waals surface area contributed by atoms with Crippen molar-refractivity contribution in [1.29, 1.82) is 0 Å². The Bertz CT molecular complexity index is 1180. The van der Waals surface area contributed by atoms with E-state index in [0.717, 1.165) is 49.7 Å². The van der Waals surface area contributed by atoms with E-state index in [-0.39, 0.29) is 12.2 Å². The Balaban J connectivity index is 1.22. The lowest BCUT2D eigenvalue weighted by Crippen LogP contribution is -2.22. The van der Waals surface area contributed by atoms with Crippen molar-refractivity contribution in [2.24, 2.45) is 0 Å². The van der Waals surface area contributed by atoms with Crippen LogP contribution in [0, 0.1) is 0 Å². The van der Waals surface area contributed by atoms with Gasteiger partial charge >= 0.3 is 0 Å². The molecule has 5 nitrogen and oxygen atoms in total. The molecule has 158 valence electrons. The van der Waals surface area contributed by atoms with E-state index in [9.17, 15) is 4.21 Å². The minimum atomic E-state index is -1.01. The average Bonchev–Trinajstić information content (AvgIpc) is 2.83. The first-order valence-electron chi connectivity index (χ1n) is 10.2. The van der Waals surface area contributed by atoms with E-state index in [1.165, 1.54) is 0 Å². The topological polar surface area (TPSA) is 54.0 Å². The normalized spacial score (nSPS) is 23.7. The molecule has 0 fully saturated rings. The van der Waals surface area contributed by atoms with E-state index < -0.39 is 10.8 Å². The molecule has 0 bridgehead atoms. The van der Waals surface area contributed by atoms with Gasteiger partial charge in [-0.25, -0.2) is 0 Å². The highest BCUT2D eigenvalue weighted by Gasteiger charge is 2.28. The van der Waals surface area contributed by atoms with Crippen molar-refractivity contribution in [2.75, 3.05) is 24.7 Å². The number of benzene rings is 3. The number of ether oxygens (including phenoxy) is 4. The summed E-state index contributed by atoms with van der Waals surface area (Å²) >= 11 is 1.77. The zero-order valence-corrected chi connectivity index (χ0v) is 18.2. The molecular formula is C24H20O5S2. The molecule has 0 amide bonds. The first-order chi connectivity index (χ1) is 15.2. The highest BCUT2D eigenvalue weighted by molar-refractivity contribution is 7.99. The van der Waals surface area contributed by atoms with Gasteiger partial charge < -0.3 is 18.9 Å². The van der Waals surface area contributed by atoms with Gasteiger partial charge in [0.05, 0.1) is 21.4 Å². The van der Waals surface area contributed by atoms with Crippen molar-refractivity contribution in [3.8, 4) is 23.0 Å². The highest BCUT2D eigenvalue weighted by Crippen LogP contribution is 2.44. The molecule has 3 aliphatic heterocycles. The first-order valence-corrected chi connectivity index (χ1v) is 12.5. The van der Waals surface area contributed by atoms with Gasteiger partial charge in [0.2, 0.25) is 0 Å². The highest BCUT2D eigenvalue weighted by atomic mass is 32.2. The maximum atomic E-state index is 12.3. The van der Waals surface area contributed by atoms with E-state index in [1.807, 2.05) is 54.6 Å². The van der Waals surface area contributed by atoms with Gasteiger partial charge in [-0.1, -0.05) is 24.3 Å². The van der Waals surface area contributed by atoms with Crippen molar-refractivity contribution in [3.63, 3.8) is 0 Å². The molecule has 31 heavy (non-hydrogen) atoms. The molecular weight excluding hydrogens is 432 g/mol. The third-order valence-corrected chi connectivity index (χ3v) is 8.07. The summed E-state index contributed by atoms with van der Waals surface area (Å²) in [6.07, 6.45) is -0.233. The second-order valence-electron chi connectivity index (χ2n) is 7.59. The van der Waals surface area contributed by atoms with Crippen molar-refractivity contribution in [2.45, 2.75) is 22.0 Å². The Morgan fingerprint density at radius 2 is 1.58 bits per heavy atom. The molecule has 3 unspecified atom stereocenters. The lowest BCUT2D eigenvalue weighted by atomic mass is 10.1. The predicted octanol–water partition coefficient (Wildman–Crippen LogP) is 4.92. The van der Waals surface area contributed by atoms with Gasteiger partial charge in [-0.15, -0.1) is 11.8 Å². The number of hydrogen-bond acceptors (Lipinski definition) is 6. The van der Waals surface area contributed by atoms with Crippen LogP contribution in [0.15, 0.2) is 70.5 Å². The first kappa shape index (κ1) is 19.1. The molecule has 3 heterocycles. The molecule has 3 aromatic rings. The summed E-state index contributed by atoms with van der Waals surface area (Å²) in [5.41, 5.74) is 2.10. The number of para-hydroxylation sites is 2. The van der Waals surface area contributed by atoms with E-state index in [1.54, 1.807) is 11.8 Å². The summed E-state index contributed by atoms with van der Waals surface area (Å²) in [5.74, 6) is 4.46. The van der Waals surface area contributed by atoms with Gasteiger partial charge in [0.1, 0.15) is 30.8 Å². The number of hydrogen-bond donors (Lipinski definition) is 0. The summed E-state index contributed by atoms with van der Waals surface area (Å²) in [5, 5.41) is 0. The lowest BCUT2D eigenvalue weighted by molar-refractivity contribution is 0.0910. The molecule has 0 saturated heterocycles. The van der Waals surface area contributed by atoms with Crippen LogP contribution < -0.4 is 18.9 Å². The van der Waals surface area contributed by atoms with Crippen molar-refractivity contribution < 1.29 is 23.2 Å². The zero-order valence-electron chi connectivity index (χ0n) is 16.6. The molecule has 7 heteroatoms. The van der Waals surface area contributed by atoms with Crippen LogP contribution in [-0.2, 0) is 10.8 Å². The molecule has 3 atom stereocenters. The number of fused-ring (bicyclic) bond motifs is 3. The van der Waals surface area contributed by atoms with Gasteiger partial charge in [0, 0.05) is 10.6 Å². The smallest absolute Gasteiger partial charge is 0.162 e. The summed E-state index contributed by atoms with van der Waals surface area (Å²) in [7, 11) is -1.01. The van der Waals surface area contributed by atoms with E-state index >= 15 is 0 Å². The van der Waals surface area contributed by atoms with Gasteiger partial charge in [0.25, 0.3) is 0 Å². The largest absolute Gasteiger partial charge is 0.491 e. The summed E-state index contributed by atoms with van der Waals surface area (Å²) in [6, 6.07) is 19.8. The van der Waals surface area contributed by atoms with Crippen LogP contribution >= 0.6 is 11.8 Å². The quantitative estimate of drug-likeness (QED) is 0.550. The summed E-state index contributed by atoms with van der Waals surface area (Å²) in [4.78, 5) is 1.87. The maximum Gasteiger partial charge on any atom is 0.162 e. The third kappa shape index (κ3) is 3.55. The van der Waals surface area contributed by atoms with E-state index in [0.29, 0.717) is 19.0 Å². The summed E-state index contributed by atoms with van der Waals surface area (Å²) < 4.78 is 36.3. The standard InChI is InChI=1S/C24H20O5S2/c25-31-10-9-26-20-8-6-16(12-24(20)31)22-14-30-23-11-15(5-7-19(23)29-22)21-13-27-17-3-1-2-4-18(17)28-21/h1-8,11-12,21-22H,9-10,13-14H2. The minimum absolute atomic E-state index is 0.0892. The lowest BCUT2D eigenvalue weighted by Gasteiger charge is -2.29. The average molecular weight is 453 g/mol. The van der Waals surface area contributed by atoms with E-state index in [4.69, 9.17) is 18.9 Å². The van der Waals surface area contributed by atoms with Crippen LogP contribution in [0.4, 0.5) is 0 Å². The zero-order chi connectivity index (χ0) is 20.8. The Morgan fingerprint density at radius 1 is 0.806 bits per heavy atom. The van der Waals surface area contributed by atoms with Gasteiger partial charge in [0.15, 0.2) is 17.6 Å². The van der Waals surface area contributed by atoms with Crippen molar-refractivity contribution in [3.05, 3.63) is 71.8 Å². The predicted molar refractivity (Wildman–Crippen MR) is 119 cm³/mol. The van der Waals surface area contributed by atoms with Crippen LogP contribution in [0.5, 0.6) is 23.0 Å². The molecule has 0 radical (unpaired) electrons. The molecule has 0 N–H and O–H groups in total. The van der Waals surface area contributed by atoms with Crippen LogP contribution in [-0.4, -0.2) is 28.9 Å². The Labute approximate surface area is 187 Å². The second-order valence-corrected chi connectivity index (χ2v) is 10.2. The van der Waals surface area contributed by atoms with E-state index in [2.05, 4.69) is 6.07 Å². The summed E-state index contributed by atoms with van der Waals surface area (Å²) in [6.45, 7) is 0.990. The number of rotatable bonds is 2. The van der Waals surface area contributed by atoms with Crippen LogP contribution in [0.3, 0.4) is 0 Å². The Morgan fingerprint density at radius 3 is 2.48 bits per heavy atom. The molecule has 0 aliphatic carbocycles. The third-order valence-electron chi connectivity index (χ3n) is 5.62. The maximum absolute atomic E-state index is 12.3. The molecule has 3 aromatic carbocycles. The van der Waals surface area contributed by atoms with Gasteiger partial charge in [-0.05, 0) is 47.5 Å². The Kier molecular flexibility index (Phi) is 4.80. The molecule has 0 aromatic heterocycles. The van der Waals surface area contributed by atoms with Crippen molar-refractivity contribution in [1.82, 2.24) is 0 Å². The molecule has 0 saturated carbocycles.